The molecule has 0 radical (unpaired) electrons. The molecule has 1 atom stereocenters. The van der Waals surface area contributed by atoms with E-state index < -0.39 is 0 Å². The molecule has 0 spiro atoms. The number of methoxy groups -OCH3 is 1. The summed E-state index contributed by atoms with van der Waals surface area (Å²) in [6.07, 6.45) is 3.86. The van der Waals surface area contributed by atoms with Crippen molar-refractivity contribution < 1.29 is 4.74 Å². The van der Waals surface area contributed by atoms with Crippen molar-refractivity contribution >= 4 is 11.6 Å². The second-order valence-electron chi connectivity index (χ2n) is 3.77. The van der Waals surface area contributed by atoms with Gasteiger partial charge in [-0.25, -0.2) is 4.98 Å². The highest BCUT2D eigenvalue weighted by Crippen LogP contribution is 2.12. The maximum absolute atomic E-state index is 5.86. The monoisotopic (exact) mass is 242 g/mol. The van der Waals surface area contributed by atoms with E-state index in [0.29, 0.717) is 5.88 Å². The molecule has 0 aromatic carbocycles. The third-order valence-electron chi connectivity index (χ3n) is 2.31. The van der Waals surface area contributed by atoms with Crippen LogP contribution in [0.4, 0.5) is 0 Å². The van der Waals surface area contributed by atoms with Crippen LogP contribution in [-0.2, 0) is 6.54 Å². The van der Waals surface area contributed by atoms with Gasteiger partial charge in [-0.2, -0.15) is 0 Å². The highest BCUT2D eigenvalue weighted by atomic mass is 35.5. The van der Waals surface area contributed by atoms with Crippen molar-refractivity contribution in [3.8, 4) is 5.88 Å². The van der Waals surface area contributed by atoms with E-state index in [1.807, 2.05) is 19.1 Å². The van der Waals surface area contributed by atoms with E-state index in [1.165, 1.54) is 0 Å². The summed E-state index contributed by atoms with van der Waals surface area (Å²) in [5.74, 6) is 0.695. The third-order valence-corrected chi connectivity index (χ3v) is 2.53. The minimum atomic E-state index is 0.259. The maximum Gasteiger partial charge on any atom is 0.217 e. The lowest BCUT2D eigenvalue weighted by molar-refractivity contribution is 0.390. The van der Waals surface area contributed by atoms with Gasteiger partial charge in [0.15, 0.2) is 0 Å². The number of hydrogen-bond acceptors (Lipinski definition) is 3. The van der Waals surface area contributed by atoms with Gasteiger partial charge in [-0.3, -0.25) is 0 Å². The van der Waals surface area contributed by atoms with Crippen LogP contribution in [0.15, 0.2) is 18.3 Å². The standard InChI is InChI=1S/C12H19ClN2O/c1-10(13)5-3-7-14-9-11-6-4-8-15-12(11)16-2/h4,6,8,10,14H,3,5,7,9H2,1-2H3. The zero-order valence-corrected chi connectivity index (χ0v) is 10.6. The van der Waals surface area contributed by atoms with Gasteiger partial charge in [-0.1, -0.05) is 6.07 Å². The van der Waals surface area contributed by atoms with Gasteiger partial charge < -0.3 is 10.1 Å². The molecular formula is C12H19ClN2O. The molecule has 0 aliphatic heterocycles. The van der Waals surface area contributed by atoms with Crippen molar-refractivity contribution in [1.29, 1.82) is 0 Å². The first-order valence-electron chi connectivity index (χ1n) is 5.56. The van der Waals surface area contributed by atoms with E-state index in [2.05, 4.69) is 10.3 Å². The van der Waals surface area contributed by atoms with Crippen molar-refractivity contribution in [1.82, 2.24) is 10.3 Å². The molecule has 1 heterocycles. The lowest BCUT2D eigenvalue weighted by Gasteiger charge is -2.08. The molecule has 1 rings (SSSR count). The van der Waals surface area contributed by atoms with Crippen LogP contribution in [0.2, 0.25) is 0 Å². The van der Waals surface area contributed by atoms with E-state index >= 15 is 0 Å². The number of nitrogens with zero attached hydrogens (tertiary/aromatic N) is 1. The molecule has 1 unspecified atom stereocenters. The molecule has 0 aliphatic carbocycles. The van der Waals surface area contributed by atoms with Crippen molar-refractivity contribution in [2.75, 3.05) is 13.7 Å². The molecule has 0 fully saturated rings. The van der Waals surface area contributed by atoms with Crippen LogP contribution < -0.4 is 10.1 Å². The first-order chi connectivity index (χ1) is 7.74. The SMILES string of the molecule is COc1ncccc1CNCCCC(C)Cl. The number of halogens is 1. The van der Waals surface area contributed by atoms with E-state index in [-0.39, 0.29) is 5.38 Å². The molecule has 1 aromatic rings. The van der Waals surface area contributed by atoms with E-state index in [9.17, 15) is 0 Å². The summed E-state index contributed by atoms with van der Waals surface area (Å²) >= 11 is 5.86. The second kappa shape index (κ2) is 7.47. The van der Waals surface area contributed by atoms with Gasteiger partial charge in [0, 0.05) is 23.7 Å². The maximum atomic E-state index is 5.86. The topological polar surface area (TPSA) is 34.1 Å². The largest absolute Gasteiger partial charge is 0.481 e. The molecule has 0 saturated heterocycles. The summed E-state index contributed by atoms with van der Waals surface area (Å²) in [4.78, 5) is 4.14. The molecular weight excluding hydrogens is 224 g/mol. The van der Waals surface area contributed by atoms with Crippen LogP contribution in [-0.4, -0.2) is 24.0 Å². The summed E-state index contributed by atoms with van der Waals surface area (Å²) in [6, 6.07) is 3.93. The Hall–Kier alpha value is -0.800. The Kier molecular flexibility index (Phi) is 6.19. The summed E-state index contributed by atoms with van der Waals surface area (Å²) < 4.78 is 5.17. The van der Waals surface area contributed by atoms with Crippen LogP contribution in [0.25, 0.3) is 0 Å². The highest BCUT2D eigenvalue weighted by molar-refractivity contribution is 6.20. The van der Waals surface area contributed by atoms with Crippen LogP contribution >= 0.6 is 11.6 Å². The molecule has 1 N–H and O–H groups in total. The molecule has 16 heavy (non-hydrogen) atoms. The smallest absolute Gasteiger partial charge is 0.217 e. The Labute approximate surface area is 102 Å². The summed E-state index contributed by atoms with van der Waals surface area (Å²) in [6.45, 7) is 3.77. The van der Waals surface area contributed by atoms with Crippen molar-refractivity contribution in [2.24, 2.45) is 0 Å². The Balaban J connectivity index is 2.26. The average Bonchev–Trinajstić information content (AvgIpc) is 2.29. The Morgan fingerprint density at radius 2 is 2.38 bits per heavy atom. The lowest BCUT2D eigenvalue weighted by Crippen LogP contribution is -2.16. The summed E-state index contributed by atoms with van der Waals surface area (Å²) in [5, 5.41) is 3.61. The van der Waals surface area contributed by atoms with E-state index in [1.54, 1.807) is 13.3 Å². The van der Waals surface area contributed by atoms with E-state index in [0.717, 1.165) is 31.5 Å². The van der Waals surface area contributed by atoms with Crippen LogP contribution in [0.1, 0.15) is 25.3 Å². The van der Waals surface area contributed by atoms with Gasteiger partial charge in [0.25, 0.3) is 0 Å². The molecule has 1 aromatic heterocycles. The minimum Gasteiger partial charge on any atom is -0.481 e. The quantitative estimate of drug-likeness (QED) is 0.590. The fourth-order valence-corrected chi connectivity index (χ4v) is 1.63. The molecule has 0 saturated carbocycles. The van der Waals surface area contributed by atoms with Gasteiger partial charge >= 0.3 is 0 Å². The van der Waals surface area contributed by atoms with Crippen molar-refractivity contribution in [2.45, 2.75) is 31.7 Å². The van der Waals surface area contributed by atoms with E-state index in [4.69, 9.17) is 16.3 Å². The first-order valence-corrected chi connectivity index (χ1v) is 6.00. The zero-order valence-electron chi connectivity index (χ0n) is 9.87. The van der Waals surface area contributed by atoms with Gasteiger partial charge in [0.05, 0.1) is 7.11 Å². The Morgan fingerprint density at radius 1 is 1.56 bits per heavy atom. The van der Waals surface area contributed by atoms with Gasteiger partial charge in [0.1, 0.15) is 0 Å². The zero-order chi connectivity index (χ0) is 11.8. The Bertz CT molecular complexity index is 305. The highest BCUT2D eigenvalue weighted by Gasteiger charge is 2.02. The minimum absolute atomic E-state index is 0.259. The first kappa shape index (κ1) is 13.3. The fraction of sp³-hybridized carbons (Fsp3) is 0.583. The predicted octanol–water partition coefficient (Wildman–Crippen LogP) is 2.59. The molecule has 0 bridgehead atoms. The Morgan fingerprint density at radius 3 is 3.06 bits per heavy atom. The van der Waals surface area contributed by atoms with Crippen LogP contribution in [0.5, 0.6) is 5.88 Å². The van der Waals surface area contributed by atoms with Crippen molar-refractivity contribution in [3.63, 3.8) is 0 Å². The molecule has 4 heteroatoms. The number of aromatic nitrogens is 1. The van der Waals surface area contributed by atoms with Crippen molar-refractivity contribution in [3.05, 3.63) is 23.9 Å². The third kappa shape index (κ3) is 4.81. The fourth-order valence-electron chi connectivity index (χ4n) is 1.47. The second-order valence-corrected chi connectivity index (χ2v) is 4.52. The lowest BCUT2D eigenvalue weighted by atomic mass is 10.2. The number of alkyl halides is 1. The van der Waals surface area contributed by atoms with Crippen LogP contribution in [0, 0.1) is 0 Å². The number of nitrogens with one attached hydrogen (secondary N) is 1. The number of ether oxygens (including phenoxy) is 1. The average molecular weight is 243 g/mol. The molecule has 3 nitrogen and oxygen atoms in total. The van der Waals surface area contributed by atoms with Crippen LogP contribution in [0.3, 0.4) is 0 Å². The molecule has 0 amide bonds. The molecule has 90 valence electrons. The van der Waals surface area contributed by atoms with Gasteiger partial charge in [-0.15, -0.1) is 11.6 Å². The number of rotatable bonds is 7. The molecule has 0 aliphatic rings. The predicted molar refractivity (Wildman–Crippen MR) is 67.0 cm³/mol. The number of pyridine rings is 1. The number of hydrogen-bond donors (Lipinski definition) is 1. The summed E-state index contributed by atoms with van der Waals surface area (Å²) in [5.41, 5.74) is 1.09. The normalized spacial score (nSPS) is 12.4. The van der Waals surface area contributed by atoms with Gasteiger partial charge in [0.2, 0.25) is 5.88 Å². The summed E-state index contributed by atoms with van der Waals surface area (Å²) in [7, 11) is 1.64. The van der Waals surface area contributed by atoms with Gasteiger partial charge in [-0.05, 0) is 32.4 Å².